The summed E-state index contributed by atoms with van der Waals surface area (Å²) in [5, 5.41) is 11.6. The number of anilines is 3. The summed E-state index contributed by atoms with van der Waals surface area (Å²) in [6, 6.07) is 9.30. The molecule has 5 N–H and O–H groups in total. The molecule has 2 amide bonds. The Balaban J connectivity index is 1.46. The highest BCUT2D eigenvalue weighted by atomic mass is 19.4. The Hall–Kier alpha value is -4.48. The van der Waals surface area contributed by atoms with E-state index in [0.717, 1.165) is 24.3 Å². The van der Waals surface area contributed by atoms with E-state index in [1.54, 1.807) is 24.4 Å². The van der Waals surface area contributed by atoms with Gasteiger partial charge in [-0.3, -0.25) is 5.10 Å². The fourth-order valence-corrected chi connectivity index (χ4v) is 3.40. The molecule has 12 heteroatoms. The van der Waals surface area contributed by atoms with Crippen LogP contribution in [0.1, 0.15) is 17.0 Å². The fraction of sp³-hybridized carbons (Fsp3) is 0.130. The minimum absolute atomic E-state index is 0.109. The summed E-state index contributed by atoms with van der Waals surface area (Å²) in [4.78, 5) is 20.3. The molecule has 2 aromatic carbocycles. The second-order valence-electron chi connectivity index (χ2n) is 7.49. The van der Waals surface area contributed by atoms with Crippen LogP contribution in [0.5, 0.6) is 0 Å². The smallest absolute Gasteiger partial charge is 0.368 e. The van der Waals surface area contributed by atoms with Gasteiger partial charge >= 0.3 is 12.2 Å². The molecular formula is C23H19F4N7O. The van der Waals surface area contributed by atoms with E-state index in [9.17, 15) is 18.0 Å². The van der Waals surface area contributed by atoms with E-state index in [1.807, 2.05) is 0 Å². The van der Waals surface area contributed by atoms with E-state index in [1.165, 1.54) is 12.3 Å². The number of rotatable bonds is 6. The second-order valence-corrected chi connectivity index (χ2v) is 7.49. The van der Waals surface area contributed by atoms with Crippen LogP contribution in [0.2, 0.25) is 0 Å². The number of H-pyrrole nitrogens is 1. The van der Waals surface area contributed by atoms with Gasteiger partial charge in [0, 0.05) is 34.4 Å². The van der Waals surface area contributed by atoms with Crippen molar-refractivity contribution in [3.63, 3.8) is 0 Å². The minimum atomic E-state index is -4.49. The SMILES string of the molecule is Nc1nccc(CCc2[nH]ncc2-c2cccc(NC(=O)Nc3ccc(C(F)(F)F)cc3)c2F)n1. The van der Waals surface area contributed by atoms with Gasteiger partial charge < -0.3 is 16.4 Å². The van der Waals surface area contributed by atoms with Crippen molar-refractivity contribution in [2.24, 2.45) is 0 Å². The number of nitrogen functional groups attached to an aromatic ring is 1. The molecule has 0 saturated carbocycles. The van der Waals surface area contributed by atoms with Gasteiger partial charge in [0.05, 0.1) is 17.4 Å². The average Bonchev–Trinajstić information content (AvgIpc) is 3.27. The Morgan fingerprint density at radius 2 is 1.77 bits per heavy atom. The van der Waals surface area contributed by atoms with E-state index in [-0.39, 0.29) is 22.9 Å². The van der Waals surface area contributed by atoms with E-state index in [4.69, 9.17) is 5.73 Å². The Bertz CT molecular complexity index is 1340. The van der Waals surface area contributed by atoms with Gasteiger partial charge in [-0.2, -0.15) is 18.3 Å². The number of alkyl halides is 3. The van der Waals surface area contributed by atoms with Gasteiger partial charge in [0.2, 0.25) is 5.95 Å². The minimum Gasteiger partial charge on any atom is -0.368 e. The maximum absolute atomic E-state index is 15.3. The fourth-order valence-electron chi connectivity index (χ4n) is 3.40. The summed E-state index contributed by atoms with van der Waals surface area (Å²) in [6.07, 6.45) is -0.475. The molecular weight excluding hydrogens is 466 g/mol. The largest absolute Gasteiger partial charge is 0.416 e. The molecule has 4 rings (SSSR count). The number of carbonyl (C=O) groups is 1. The molecule has 4 aromatic rings. The summed E-state index contributed by atoms with van der Waals surface area (Å²) < 4.78 is 53.3. The average molecular weight is 485 g/mol. The number of amides is 2. The van der Waals surface area contributed by atoms with Crippen molar-refractivity contribution in [1.29, 1.82) is 0 Å². The van der Waals surface area contributed by atoms with Crippen LogP contribution < -0.4 is 16.4 Å². The first kappa shape index (κ1) is 23.7. The number of urea groups is 1. The number of aromatic amines is 1. The predicted octanol–water partition coefficient (Wildman–Crippen LogP) is 5.04. The Kier molecular flexibility index (Phi) is 6.62. The molecule has 8 nitrogen and oxygen atoms in total. The highest BCUT2D eigenvalue weighted by Crippen LogP contribution is 2.31. The molecule has 0 atom stereocenters. The Labute approximate surface area is 196 Å². The first-order chi connectivity index (χ1) is 16.7. The van der Waals surface area contributed by atoms with Crippen molar-refractivity contribution >= 4 is 23.4 Å². The van der Waals surface area contributed by atoms with Crippen LogP contribution in [-0.2, 0) is 19.0 Å². The molecule has 0 aliphatic rings. The lowest BCUT2D eigenvalue weighted by atomic mass is 10.0. The molecule has 35 heavy (non-hydrogen) atoms. The molecule has 0 aliphatic heterocycles. The number of benzene rings is 2. The monoisotopic (exact) mass is 485 g/mol. The van der Waals surface area contributed by atoms with Crippen molar-refractivity contribution in [2.75, 3.05) is 16.4 Å². The molecule has 0 saturated heterocycles. The zero-order valence-corrected chi connectivity index (χ0v) is 18.0. The maximum atomic E-state index is 15.3. The third-order valence-electron chi connectivity index (χ3n) is 5.09. The van der Waals surface area contributed by atoms with Crippen LogP contribution in [0.25, 0.3) is 11.1 Å². The standard InChI is InChI=1S/C23H19F4N7O/c24-20-16(17-12-30-34-18(17)9-8-15-10-11-29-21(28)31-15)2-1-3-19(20)33-22(35)32-14-6-4-13(5-7-14)23(25,26)27/h1-7,10-12H,8-9H2,(H,30,34)(H2,28,29,31)(H2,32,33,35). The lowest BCUT2D eigenvalue weighted by molar-refractivity contribution is -0.137. The number of halogens is 4. The molecule has 0 fully saturated rings. The van der Waals surface area contributed by atoms with Crippen molar-refractivity contribution < 1.29 is 22.4 Å². The molecule has 0 bridgehead atoms. The lowest BCUT2D eigenvalue weighted by Crippen LogP contribution is -2.20. The number of hydrogen-bond acceptors (Lipinski definition) is 5. The van der Waals surface area contributed by atoms with Crippen LogP contribution in [-0.4, -0.2) is 26.2 Å². The summed E-state index contributed by atoms with van der Waals surface area (Å²) >= 11 is 0. The molecule has 2 aromatic heterocycles. The van der Waals surface area contributed by atoms with Crippen molar-refractivity contribution in [3.05, 3.63) is 83.7 Å². The Morgan fingerprint density at radius 3 is 2.49 bits per heavy atom. The number of aromatic nitrogens is 4. The van der Waals surface area contributed by atoms with E-state index < -0.39 is 23.6 Å². The molecule has 0 unspecified atom stereocenters. The number of carbonyl (C=O) groups excluding carboxylic acids is 1. The summed E-state index contributed by atoms with van der Waals surface area (Å²) in [5.41, 5.74) is 6.86. The normalized spacial score (nSPS) is 11.3. The van der Waals surface area contributed by atoms with Gasteiger partial charge in [0.25, 0.3) is 0 Å². The van der Waals surface area contributed by atoms with E-state index in [2.05, 4.69) is 30.8 Å². The highest BCUT2D eigenvalue weighted by Gasteiger charge is 2.30. The molecule has 0 radical (unpaired) electrons. The second kappa shape index (κ2) is 9.79. The van der Waals surface area contributed by atoms with Crippen molar-refractivity contribution in [2.45, 2.75) is 19.0 Å². The Morgan fingerprint density at radius 1 is 1.00 bits per heavy atom. The van der Waals surface area contributed by atoms with Crippen LogP contribution in [0, 0.1) is 5.82 Å². The zero-order valence-electron chi connectivity index (χ0n) is 18.0. The number of nitrogens with one attached hydrogen (secondary N) is 3. The lowest BCUT2D eigenvalue weighted by Gasteiger charge is -2.12. The van der Waals surface area contributed by atoms with Crippen LogP contribution in [0.3, 0.4) is 0 Å². The van der Waals surface area contributed by atoms with Crippen LogP contribution >= 0.6 is 0 Å². The maximum Gasteiger partial charge on any atom is 0.416 e. The summed E-state index contributed by atoms with van der Waals surface area (Å²) in [6.45, 7) is 0. The van der Waals surface area contributed by atoms with Gasteiger partial charge in [0.15, 0.2) is 5.82 Å². The number of nitrogens with two attached hydrogens (primary N) is 1. The molecule has 0 aliphatic carbocycles. The van der Waals surface area contributed by atoms with Crippen LogP contribution in [0.4, 0.5) is 39.7 Å². The molecule has 0 spiro atoms. The van der Waals surface area contributed by atoms with Gasteiger partial charge in [0.1, 0.15) is 0 Å². The first-order valence-electron chi connectivity index (χ1n) is 10.3. The number of hydrogen-bond donors (Lipinski definition) is 4. The van der Waals surface area contributed by atoms with Gasteiger partial charge in [-0.15, -0.1) is 0 Å². The molecule has 2 heterocycles. The van der Waals surface area contributed by atoms with E-state index >= 15 is 4.39 Å². The number of nitrogens with zero attached hydrogens (tertiary/aromatic N) is 3. The van der Waals surface area contributed by atoms with Crippen LogP contribution in [0.15, 0.2) is 60.9 Å². The van der Waals surface area contributed by atoms with Crippen molar-refractivity contribution in [1.82, 2.24) is 20.2 Å². The topological polar surface area (TPSA) is 122 Å². The zero-order chi connectivity index (χ0) is 25.0. The first-order valence-corrected chi connectivity index (χ1v) is 10.3. The third kappa shape index (κ3) is 5.72. The van der Waals surface area contributed by atoms with Gasteiger partial charge in [-0.05, 0) is 49.2 Å². The van der Waals surface area contributed by atoms with Gasteiger partial charge in [-0.25, -0.2) is 19.2 Å². The summed E-state index contributed by atoms with van der Waals surface area (Å²) in [5.74, 6) is -0.532. The predicted molar refractivity (Wildman–Crippen MR) is 122 cm³/mol. The van der Waals surface area contributed by atoms with Crippen molar-refractivity contribution in [3.8, 4) is 11.1 Å². The summed E-state index contributed by atoms with van der Waals surface area (Å²) in [7, 11) is 0. The van der Waals surface area contributed by atoms with E-state index in [0.29, 0.717) is 29.8 Å². The number of aryl methyl sites for hydroxylation is 2. The third-order valence-corrected chi connectivity index (χ3v) is 5.09. The van der Waals surface area contributed by atoms with Gasteiger partial charge in [-0.1, -0.05) is 12.1 Å². The highest BCUT2D eigenvalue weighted by molar-refractivity contribution is 6.00. The molecule has 180 valence electrons. The quantitative estimate of drug-likeness (QED) is 0.285.